The van der Waals surface area contributed by atoms with Crippen molar-refractivity contribution in [1.82, 2.24) is 5.32 Å². The van der Waals surface area contributed by atoms with Gasteiger partial charge in [0.15, 0.2) is 0 Å². The number of halogens is 1. The Labute approximate surface area is 126 Å². The lowest BCUT2D eigenvalue weighted by molar-refractivity contribution is -0.139. The maximum Gasteiger partial charge on any atom is 0.408 e. The number of nitrogens with one attached hydrogen (secondary N) is 1. The van der Waals surface area contributed by atoms with Crippen LogP contribution in [-0.2, 0) is 16.0 Å². The molecule has 0 bridgehead atoms. The van der Waals surface area contributed by atoms with Gasteiger partial charge >= 0.3 is 12.1 Å². The number of aliphatic carboxylic acids is 1. The Morgan fingerprint density at radius 1 is 1.40 bits per heavy atom. The molecule has 0 aliphatic rings. The van der Waals surface area contributed by atoms with E-state index in [-0.39, 0.29) is 6.42 Å². The molecule has 1 rings (SSSR count). The van der Waals surface area contributed by atoms with Crippen molar-refractivity contribution in [2.45, 2.75) is 38.8 Å². The summed E-state index contributed by atoms with van der Waals surface area (Å²) in [6.07, 6.45) is -0.548. The number of hydrogen-bond acceptors (Lipinski definition) is 3. The van der Waals surface area contributed by atoms with E-state index in [1.54, 1.807) is 26.8 Å². The molecule has 0 fully saturated rings. The first kappa shape index (κ1) is 16.5. The summed E-state index contributed by atoms with van der Waals surface area (Å²) in [5.74, 6) is -1.10. The van der Waals surface area contributed by atoms with Crippen LogP contribution in [0.5, 0.6) is 0 Å². The highest BCUT2D eigenvalue weighted by atomic mass is 79.9. The number of alkyl carbamates (subject to hydrolysis) is 1. The molecule has 6 heteroatoms. The fourth-order valence-corrected chi connectivity index (χ4v) is 2.00. The lowest BCUT2D eigenvalue weighted by atomic mass is 10.1. The van der Waals surface area contributed by atoms with Crippen LogP contribution in [0.25, 0.3) is 0 Å². The zero-order chi connectivity index (χ0) is 15.3. The zero-order valence-electron chi connectivity index (χ0n) is 11.6. The molecule has 0 aliphatic carbocycles. The van der Waals surface area contributed by atoms with E-state index in [0.29, 0.717) is 0 Å². The summed E-state index contributed by atoms with van der Waals surface area (Å²) in [5, 5.41) is 11.5. The van der Waals surface area contributed by atoms with Crippen molar-refractivity contribution in [3.63, 3.8) is 0 Å². The lowest BCUT2D eigenvalue weighted by Crippen LogP contribution is -2.44. The third kappa shape index (κ3) is 6.06. The predicted octanol–water partition coefficient (Wildman–Crippen LogP) is 2.97. The molecule has 110 valence electrons. The number of carboxylic acids is 1. The highest BCUT2D eigenvalue weighted by molar-refractivity contribution is 9.10. The maximum atomic E-state index is 11.6. The minimum atomic E-state index is -1.10. The third-order valence-electron chi connectivity index (χ3n) is 2.32. The normalized spacial score (nSPS) is 12.6. The summed E-state index contributed by atoms with van der Waals surface area (Å²) < 4.78 is 5.91. The molecular weight excluding hydrogens is 326 g/mol. The van der Waals surface area contributed by atoms with Crippen molar-refractivity contribution >= 4 is 28.0 Å². The smallest absolute Gasteiger partial charge is 0.408 e. The molecule has 1 aromatic carbocycles. The van der Waals surface area contributed by atoms with E-state index in [1.165, 1.54) is 0 Å². The molecule has 20 heavy (non-hydrogen) atoms. The molecule has 0 saturated heterocycles. The topological polar surface area (TPSA) is 75.6 Å². The number of amides is 1. The molecule has 5 nitrogen and oxygen atoms in total. The van der Waals surface area contributed by atoms with Crippen molar-refractivity contribution in [3.8, 4) is 0 Å². The monoisotopic (exact) mass is 343 g/mol. The highest BCUT2D eigenvalue weighted by Crippen LogP contribution is 2.14. The molecular formula is C14H18BrNO4. The van der Waals surface area contributed by atoms with Gasteiger partial charge in [-0.05, 0) is 38.5 Å². The largest absolute Gasteiger partial charge is 0.480 e. The van der Waals surface area contributed by atoms with Gasteiger partial charge in [-0.1, -0.05) is 28.1 Å². The Hall–Kier alpha value is -1.56. The number of carboxylic acid groups (broad SMARTS) is 1. The second-order valence-corrected chi connectivity index (χ2v) is 6.29. The second kappa shape index (κ2) is 6.74. The number of carbonyl (C=O) groups excluding carboxylic acids is 1. The van der Waals surface area contributed by atoms with Crippen molar-refractivity contribution < 1.29 is 19.4 Å². The summed E-state index contributed by atoms with van der Waals surface area (Å²) >= 11 is 3.32. The van der Waals surface area contributed by atoms with Crippen LogP contribution >= 0.6 is 15.9 Å². The van der Waals surface area contributed by atoms with Gasteiger partial charge in [0.2, 0.25) is 0 Å². The molecule has 2 N–H and O–H groups in total. The molecule has 0 radical (unpaired) electrons. The first-order chi connectivity index (χ1) is 9.17. The van der Waals surface area contributed by atoms with Crippen LogP contribution in [0.4, 0.5) is 4.79 Å². The SMILES string of the molecule is CC(C)(C)OC(=O)NC(Cc1cccc(Br)c1)C(=O)O. The molecule has 1 amide bonds. The summed E-state index contributed by atoms with van der Waals surface area (Å²) in [7, 11) is 0. The molecule has 1 atom stereocenters. The molecule has 0 aromatic heterocycles. The fraction of sp³-hybridized carbons (Fsp3) is 0.429. The predicted molar refractivity (Wildman–Crippen MR) is 78.6 cm³/mol. The van der Waals surface area contributed by atoms with Gasteiger partial charge in [-0.3, -0.25) is 0 Å². The van der Waals surface area contributed by atoms with Crippen molar-refractivity contribution in [1.29, 1.82) is 0 Å². The third-order valence-corrected chi connectivity index (χ3v) is 2.81. The van der Waals surface area contributed by atoms with E-state index < -0.39 is 23.7 Å². The molecule has 0 saturated carbocycles. The highest BCUT2D eigenvalue weighted by Gasteiger charge is 2.24. The number of benzene rings is 1. The van der Waals surface area contributed by atoms with E-state index in [2.05, 4.69) is 21.2 Å². The number of ether oxygens (including phenoxy) is 1. The van der Waals surface area contributed by atoms with E-state index in [9.17, 15) is 9.59 Å². The first-order valence-electron chi connectivity index (χ1n) is 6.14. The maximum absolute atomic E-state index is 11.6. The quantitative estimate of drug-likeness (QED) is 0.881. The lowest BCUT2D eigenvalue weighted by Gasteiger charge is -2.22. The van der Waals surface area contributed by atoms with E-state index in [1.807, 2.05) is 18.2 Å². The molecule has 0 spiro atoms. The number of rotatable bonds is 4. The minimum absolute atomic E-state index is 0.189. The van der Waals surface area contributed by atoms with Crippen molar-refractivity contribution in [3.05, 3.63) is 34.3 Å². The van der Waals surface area contributed by atoms with Crippen LogP contribution in [0.3, 0.4) is 0 Å². The molecule has 0 aliphatic heterocycles. The summed E-state index contributed by atoms with van der Waals surface area (Å²) in [6, 6.07) is 6.25. The van der Waals surface area contributed by atoms with E-state index in [4.69, 9.17) is 9.84 Å². The number of hydrogen-bond donors (Lipinski definition) is 2. The molecule has 1 aromatic rings. The Bertz CT molecular complexity index is 496. The second-order valence-electron chi connectivity index (χ2n) is 5.37. The Morgan fingerprint density at radius 2 is 2.05 bits per heavy atom. The van der Waals surface area contributed by atoms with Gasteiger partial charge < -0.3 is 15.2 Å². The summed E-state index contributed by atoms with van der Waals surface area (Å²) in [6.45, 7) is 5.16. The van der Waals surface area contributed by atoms with Gasteiger partial charge in [-0.15, -0.1) is 0 Å². The van der Waals surface area contributed by atoms with Crippen molar-refractivity contribution in [2.24, 2.45) is 0 Å². The molecule has 1 unspecified atom stereocenters. The van der Waals surface area contributed by atoms with Crippen LogP contribution in [-0.4, -0.2) is 28.8 Å². The van der Waals surface area contributed by atoms with Crippen LogP contribution in [0, 0.1) is 0 Å². The zero-order valence-corrected chi connectivity index (χ0v) is 13.2. The average molecular weight is 344 g/mol. The van der Waals surface area contributed by atoms with Gasteiger partial charge in [0, 0.05) is 10.9 Å². The first-order valence-corrected chi connectivity index (χ1v) is 6.93. The van der Waals surface area contributed by atoms with Crippen LogP contribution < -0.4 is 5.32 Å². The minimum Gasteiger partial charge on any atom is -0.480 e. The number of carbonyl (C=O) groups is 2. The van der Waals surface area contributed by atoms with Crippen LogP contribution in [0.1, 0.15) is 26.3 Å². The van der Waals surface area contributed by atoms with Gasteiger partial charge in [0.25, 0.3) is 0 Å². The molecule has 0 heterocycles. The van der Waals surface area contributed by atoms with E-state index >= 15 is 0 Å². The van der Waals surface area contributed by atoms with Gasteiger partial charge in [-0.25, -0.2) is 9.59 Å². The Morgan fingerprint density at radius 3 is 2.55 bits per heavy atom. The summed E-state index contributed by atoms with van der Waals surface area (Å²) in [4.78, 5) is 22.8. The summed E-state index contributed by atoms with van der Waals surface area (Å²) in [5.41, 5.74) is 0.144. The standard InChI is InChI=1S/C14H18BrNO4/c1-14(2,3)20-13(19)16-11(12(17)18)8-9-5-4-6-10(15)7-9/h4-7,11H,8H2,1-3H3,(H,16,19)(H,17,18). The van der Waals surface area contributed by atoms with Crippen LogP contribution in [0.2, 0.25) is 0 Å². The van der Waals surface area contributed by atoms with Gasteiger partial charge in [0.05, 0.1) is 0 Å². The average Bonchev–Trinajstić information content (AvgIpc) is 2.25. The fourth-order valence-electron chi connectivity index (χ4n) is 1.55. The van der Waals surface area contributed by atoms with Gasteiger partial charge in [0.1, 0.15) is 11.6 Å². The Balaban J connectivity index is 2.71. The van der Waals surface area contributed by atoms with Crippen molar-refractivity contribution in [2.75, 3.05) is 0 Å². The van der Waals surface area contributed by atoms with Gasteiger partial charge in [-0.2, -0.15) is 0 Å². The van der Waals surface area contributed by atoms with Crippen LogP contribution in [0.15, 0.2) is 28.7 Å². The van der Waals surface area contributed by atoms with E-state index in [0.717, 1.165) is 10.0 Å². The Kier molecular flexibility index (Phi) is 5.56.